The smallest absolute Gasteiger partial charge is 0.390 e. The van der Waals surface area contributed by atoms with Crippen LogP contribution in [0.5, 0.6) is 11.5 Å². The summed E-state index contributed by atoms with van der Waals surface area (Å²) in [5, 5.41) is 2.77. The lowest BCUT2D eigenvalue weighted by Gasteiger charge is -2.09. The monoisotopic (exact) mass is 295 g/mol. The standard InChI is InChI=1S/C16H16F3NO/c17-16(18,19)9-10-20-12-13-5-4-8-15(11-13)21-14-6-2-1-3-7-14/h1-8,11,20H,9-10,12H2. The highest BCUT2D eigenvalue weighted by atomic mass is 19.4. The van der Waals surface area contributed by atoms with E-state index < -0.39 is 12.6 Å². The van der Waals surface area contributed by atoms with E-state index in [4.69, 9.17) is 4.74 Å². The fraction of sp³-hybridized carbons (Fsp3) is 0.250. The van der Waals surface area contributed by atoms with E-state index in [0.717, 1.165) is 11.3 Å². The normalized spacial score (nSPS) is 11.4. The summed E-state index contributed by atoms with van der Waals surface area (Å²) < 4.78 is 41.8. The van der Waals surface area contributed by atoms with Crippen LogP contribution in [0.2, 0.25) is 0 Å². The Morgan fingerprint density at radius 3 is 2.33 bits per heavy atom. The lowest BCUT2D eigenvalue weighted by atomic mass is 10.2. The maximum Gasteiger partial charge on any atom is 0.390 e. The van der Waals surface area contributed by atoms with Crippen molar-refractivity contribution in [3.8, 4) is 11.5 Å². The highest BCUT2D eigenvalue weighted by Crippen LogP contribution is 2.22. The SMILES string of the molecule is FC(F)(F)CCNCc1cccc(Oc2ccccc2)c1. The first kappa shape index (κ1) is 15.4. The molecule has 0 spiro atoms. The van der Waals surface area contributed by atoms with E-state index in [-0.39, 0.29) is 6.54 Å². The van der Waals surface area contributed by atoms with Gasteiger partial charge in [-0.05, 0) is 29.8 Å². The van der Waals surface area contributed by atoms with Gasteiger partial charge in [0.1, 0.15) is 11.5 Å². The molecule has 0 radical (unpaired) electrons. The van der Waals surface area contributed by atoms with Crippen LogP contribution in [0, 0.1) is 0 Å². The predicted octanol–water partition coefficient (Wildman–Crippen LogP) is 4.52. The van der Waals surface area contributed by atoms with Crippen molar-refractivity contribution in [3.63, 3.8) is 0 Å². The molecule has 0 amide bonds. The van der Waals surface area contributed by atoms with Crippen LogP contribution in [-0.2, 0) is 6.54 Å². The van der Waals surface area contributed by atoms with Crippen LogP contribution in [0.1, 0.15) is 12.0 Å². The highest BCUT2D eigenvalue weighted by molar-refractivity contribution is 5.33. The van der Waals surface area contributed by atoms with Crippen molar-refractivity contribution in [2.24, 2.45) is 0 Å². The number of ether oxygens (including phenoxy) is 1. The first-order valence-electron chi connectivity index (χ1n) is 6.62. The van der Waals surface area contributed by atoms with Gasteiger partial charge < -0.3 is 10.1 Å². The van der Waals surface area contributed by atoms with E-state index in [2.05, 4.69) is 5.32 Å². The molecule has 0 unspecified atom stereocenters. The van der Waals surface area contributed by atoms with E-state index >= 15 is 0 Å². The van der Waals surface area contributed by atoms with Crippen molar-refractivity contribution in [2.45, 2.75) is 19.1 Å². The summed E-state index contributed by atoms with van der Waals surface area (Å²) in [4.78, 5) is 0. The zero-order valence-corrected chi connectivity index (χ0v) is 11.4. The van der Waals surface area contributed by atoms with Gasteiger partial charge in [0.05, 0.1) is 6.42 Å². The Balaban J connectivity index is 1.86. The summed E-state index contributed by atoms with van der Waals surface area (Å²) in [6.45, 7) is 0.287. The van der Waals surface area contributed by atoms with Crippen LogP contribution in [0.3, 0.4) is 0 Å². The second-order valence-electron chi connectivity index (χ2n) is 4.60. The van der Waals surface area contributed by atoms with Crippen molar-refractivity contribution in [2.75, 3.05) is 6.54 Å². The maximum absolute atomic E-state index is 12.0. The molecule has 0 aromatic heterocycles. The summed E-state index contributed by atoms with van der Waals surface area (Å²) in [5.41, 5.74) is 0.880. The van der Waals surface area contributed by atoms with Crippen molar-refractivity contribution < 1.29 is 17.9 Å². The fourth-order valence-electron chi connectivity index (χ4n) is 1.81. The zero-order chi connectivity index (χ0) is 15.1. The molecule has 2 rings (SSSR count). The van der Waals surface area contributed by atoms with Crippen molar-refractivity contribution >= 4 is 0 Å². The van der Waals surface area contributed by atoms with Crippen LogP contribution in [0.15, 0.2) is 54.6 Å². The summed E-state index contributed by atoms with van der Waals surface area (Å²) in [6.07, 6.45) is -4.95. The average Bonchev–Trinajstić information content (AvgIpc) is 2.44. The Labute approximate surface area is 121 Å². The van der Waals surface area contributed by atoms with Gasteiger partial charge in [-0.15, -0.1) is 0 Å². The van der Waals surface area contributed by atoms with Gasteiger partial charge in [-0.1, -0.05) is 30.3 Å². The molecule has 0 saturated heterocycles. The fourth-order valence-corrected chi connectivity index (χ4v) is 1.81. The number of nitrogens with one attached hydrogen (secondary N) is 1. The van der Waals surface area contributed by atoms with Gasteiger partial charge in [-0.3, -0.25) is 0 Å². The minimum absolute atomic E-state index is 0.0900. The largest absolute Gasteiger partial charge is 0.457 e. The molecule has 1 N–H and O–H groups in total. The minimum Gasteiger partial charge on any atom is -0.457 e. The first-order valence-corrected chi connectivity index (χ1v) is 6.62. The molecule has 0 atom stereocenters. The Bertz CT molecular complexity index is 555. The Hall–Kier alpha value is -2.01. The van der Waals surface area contributed by atoms with E-state index in [1.165, 1.54) is 0 Å². The van der Waals surface area contributed by atoms with Crippen LogP contribution >= 0.6 is 0 Å². The van der Waals surface area contributed by atoms with Gasteiger partial charge in [0.15, 0.2) is 0 Å². The molecule has 2 nitrogen and oxygen atoms in total. The highest BCUT2D eigenvalue weighted by Gasteiger charge is 2.25. The average molecular weight is 295 g/mol. The molecule has 0 aliphatic heterocycles. The van der Waals surface area contributed by atoms with Crippen LogP contribution < -0.4 is 10.1 Å². The van der Waals surface area contributed by atoms with E-state index in [9.17, 15) is 13.2 Å². The predicted molar refractivity (Wildman–Crippen MR) is 75.3 cm³/mol. The third kappa shape index (κ3) is 5.87. The molecule has 21 heavy (non-hydrogen) atoms. The van der Waals surface area contributed by atoms with Gasteiger partial charge in [0, 0.05) is 13.1 Å². The van der Waals surface area contributed by atoms with Crippen LogP contribution in [0.4, 0.5) is 13.2 Å². The molecule has 0 heterocycles. The van der Waals surface area contributed by atoms with Gasteiger partial charge in [-0.2, -0.15) is 13.2 Å². The summed E-state index contributed by atoms with van der Waals surface area (Å²) in [5.74, 6) is 1.39. The number of hydrogen-bond acceptors (Lipinski definition) is 2. The number of benzene rings is 2. The molecule has 0 fully saturated rings. The van der Waals surface area contributed by atoms with E-state index in [1.54, 1.807) is 0 Å². The second kappa shape index (κ2) is 7.13. The molecule has 0 aliphatic carbocycles. The number of para-hydroxylation sites is 1. The molecule has 0 bridgehead atoms. The lowest BCUT2D eigenvalue weighted by Crippen LogP contribution is -2.21. The van der Waals surface area contributed by atoms with Gasteiger partial charge in [0.25, 0.3) is 0 Å². The van der Waals surface area contributed by atoms with Gasteiger partial charge in [0.2, 0.25) is 0 Å². The quantitative estimate of drug-likeness (QED) is 0.791. The van der Waals surface area contributed by atoms with Crippen molar-refractivity contribution in [1.82, 2.24) is 5.32 Å². The molecular weight excluding hydrogens is 279 g/mol. The topological polar surface area (TPSA) is 21.3 Å². The molecule has 0 aliphatic rings. The number of hydrogen-bond donors (Lipinski definition) is 1. The van der Waals surface area contributed by atoms with Crippen molar-refractivity contribution in [3.05, 3.63) is 60.2 Å². The zero-order valence-electron chi connectivity index (χ0n) is 11.4. The molecule has 5 heteroatoms. The number of rotatable bonds is 6. The van der Waals surface area contributed by atoms with Gasteiger partial charge in [-0.25, -0.2) is 0 Å². The Morgan fingerprint density at radius 2 is 1.62 bits per heavy atom. The maximum atomic E-state index is 12.0. The van der Waals surface area contributed by atoms with Gasteiger partial charge >= 0.3 is 6.18 Å². The molecule has 2 aromatic carbocycles. The Morgan fingerprint density at radius 1 is 0.905 bits per heavy atom. The molecule has 0 saturated carbocycles. The van der Waals surface area contributed by atoms with Crippen LogP contribution in [-0.4, -0.2) is 12.7 Å². The number of halogens is 3. The molecular formula is C16H16F3NO. The number of alkyl halides is 3. The Kier molecular flexibility index (Phi) is 5.22. The third-order valence-corrected chi connectivity index (χ3v) is 2.79. The minimum atomic E-state index is -4.12. The lowest BCUT2D eigenvalue weighted by molar-refractivity contribution is -0.133. The summed E-state index contributed by atoms with van der Waals surface area (Å²) in [7, 11) is 0. The van der Waals surface area contributed by atoms with E-state index in [1.807, 2.05) is 54.6 Å². The molecule has 2 aromatic rings. The van der Waals surface area contributed by atoms with Crippen molar-refractivity contribution in [1.29, 1.82) is 0 Å². The third-order valence-electron chi connectivity index (χ3n) is 2.79. The first-order chi connectivity index (χ1) is 10.0. The summed E-state index contributed by atoms with van der Waals surface area (Å²) >= 11 is 0. The molecule has 112 valence electrons. The van der Waals surface area contributed by atoms with Crippen LogP contribution in [0.25, 0.3) is 0 Å². The second-order valence-corrected chi connectivity index (χ2v) is 4.60. The van der Waals surface area contributed by atoms with E-state index in [0.29, 0.717) is 12.3 Å². The summed E-state index contributed by atoms with van der Waals surface area (Å²) in [6, 6.07) is 16.6.